The summed E-state index contributed by atoms with van der Waals surface area (Å²) in [5.74, 6) is 1.01. The summed E-state index contributed by atoms with van der Waals surface area (Å²) in [5, 5.41) is 7.72. The Morgan fingerprint density at radius 1 is 1.39 bits per heavy atom. The highest BCUT2D eigenvalue weighted by molar-refractivity contribution is 4.86. The maximum Gasteiger partial charge on any atom is 0.141 e. The average Bonchev–Trinajstić information content (AvgIpc) is 2.63. The summed E-state index contributed by atoms with van der Waals surface area (Å²) >= 11 is 0. The van der Waals surface area contributed by atoms with Crippen LogP contribution < -0.4 is 5.32 Å². The molecule has 0 saturated carbocycles. The lowest BCUT2D eigenvalue weighted by molar-refractivity contribution is 0.231. The summed E-state index contributed by atoms with van der Waals surface area (Å²) in [5.41, 5.74) is 0.256. The lowest BCUT2D eigenvalue weighted by Gasteiger charge is -2.28. The standard InChI is InChI=1S/C13H27N5/c1-11(2)18-12(15-10-16-18)7-14-8-13(3,4)9-17(5)6/h10-11,14H,7-9H2,1-6H3. The first kappa shape index (κ1) is 15.1. The van der Waals surface area contributed by atoms with Gasteiger partial charge < -0.3 is 10.2 Å². The second-order valence-electron chi connectivity index (χ2n) is 6.22. The molecule has 0 saturated heterocycles. The van der Waals surface area contributed by atoms with E-state index in [1.54, 1.807) is 6.33 Å². The first-order valence-electron chi connectivity index (χ1n) is 6.55. The number of hydrogen-bond acceptors (Lipinski definition) is 4. The van der Waals surface area contributed by atoms with Crippen molar-refractivity contribution in [2.45, 2.75) is 40.3 Å². The highest BCUT2D eigenvalue weighted by atomic mass is 15.4. The molecule has 0 aliphatic carbocycles. The van der Waals surface area contributed by atoms with E-state index in [2.05, 4.69) is 62.1 Å². The zero-order valence-electron chi connectivity index (χ0n) is 12.6. The fraction of sp³-hybridized carbons (Fsp3) is 0.846. The van der Waals surface area contributed by atoms with Crippen molar-refractivity contribution in [2.75, 3.05) is 27.2 Å². The summed E-state index contributed by atoms with van der Waals surface area (Å²) in [6, 6.07) is 0.360. The number of hydrogen-bond donors (Lipinski definition) is 1. The normalized spacial score (nSPS) is 12.7. The predicted molar refractivity (Wildman–Crippen MR) is 74.4 cm³/mol. The fourth-order valence-electron chi connectivity index (χ4n) is 2.26. The van der Waals surface area contributed by atoms with Crippen LogP contribution in [-0.2, 0) is 6.54 Å². The highest BCUT2D eigenvalue weighted by Crippen LogP contribution is 2.14. The fourth-order valence-corrected chi connectivity index (χ4v) is 2.26. The summed E-state index contributed by atoms with van der Waals surface area (Å²) in [6.07, 6.45) is 1.63. The van der Waals surface area contributed by atoms with Gasteiger partial charge in [-0.05, 0) is 33.4 Å². The van der Waals surface area contributed by atoms with Gasteiger partial charge in [-0.3, -0.25) is 0 Å². The lowest BCUT2D eigenvalue weighted by Crippen LogP contribution is -2.37. The van der Waals surface area contributed by atoms with Crippen LogP contribution >= 0.6 is 0 Å². The van der Waals surface area contributed by atoms with E-state index >= 15 is 0 Å². The molecule has 0 bridgehead atoms. The molecule has 0 fully saturated rings. The lowest BCUT2D eigenvalue weighted by atomic mass is 9.93. The first-order chi connectivity index (χ1) is 8.32. The SMILES string of the molecule is CC(C)n1ncnc1CNCC(C)(C)CN(C)C. The smallest absolute Gasteiger partial charge is 0.141 e. The van der Waals surface area contributed by atoms with Crippen LogP contribution in [0.5, 0.6) is 0 Å². The van der Waals surface area contributed by atoms with Gasteiger partial charge in [-0.2, -0.15) is 5.10 Å². The van der Waals surface area contributed by atoms with Crippen molar-refractivity contribution in [3.05, 3.63) is 12.2 Å². The van der Waals surface area contributed by atoms with Crippen molar-refractivity contribution in [3.63, 3.8) is 0 Å². The van der Waals surface area contributed by atoms with Gasteiger partial charge in [0.05, 0.1) is 6.54 Å². The van der Waals surface area contributed by atoms with Crippen molar-refractivity contribution in [2.24, 2.45) is 5.41 Å². The molecular formula is C13H27N5. The van der Waals surface area contributed by atoms with Gasteiger partial charge >= 0.3 is 0 Å². The van der Waals surface area contributed by atoms with Crippen molar-refractivity contribution >= 4 is 0 Å². The van der Waals surface area contributed by atoms with E-state index in [9.17, 15) is 0 Å². The second kappa shape index (κ2) is 6.29. The molecular weight excluding hydrogens is 226 g/mol. The first-order valence-corrected chi connectivity index (χ1v) is 6.55. The number of aromatic nitrogens is 3. The number of nitrogens with one attached hydrogen (secondary N) is 1. The van der Waals surface area contributed by atoms with Crippen LogP contribution in [0.15, 0.2) is 6.33 Å². The molecule has 0 aliphatic rings. The molecule has 0 spiro atoms. The maximum atomic E-state index is 4.30. The zero-order chi connectivity index (χ0) is 13.8. The Morgan fingerprint density at radius 3 is 2.61 bits per heavy atom. The minimum atomic E-state index is 0.256. The Hall–Kier alpha value is -0.940. The molecule has 0 atom stereocenters. The van der Waals surface area contributed by atoms with E-state index in [0.29, 0.717) is 6.04 Å². The molecule has 0 unspecified atom stereocenters. The van der Waals surface area contributed by atoms with Gasteiger partial charge in [0.25, 0.3) is 0 Å². The number of rotatable bonds is 7. The minimum Gasteiger partial charge on any atom is -0.309 e. The van der Waals surface area contributed by atoms with Crippen LogP contribution in [0, 0.1) is 5.41 Å². The number of nitrogens with zero attached hydrogens (tertiary/aromatic N) is 4. The van der Waals surface area contributed by atoms with Crippen molar-refractivity contribution in [1.29, 1.82) is 0 Å². The third-order valence-corrected chi connectivity index (χ3v) is 2.77. The van der Waals surface area contributed by atoms with Crippen LogP contribution in [0.4, 0.5) is 0 Å². The molecule has 1 aromatic rings. The van der Waals surface area contributed by atoms with Crippen molar-refractivity contribution in [3.8, 4) is 0 Å². The molecule has 1 N–H and O–H groups in total. The zero-order valence-corrected chi connectivity index (χ0v) is 12.6. The molecule has 0 aliphatic heterocycles. The Balaban J connectivity index is 2.44. The van der Waals surface area contributed by atoms with Gasteiger partial charge in [0, 0.05) is 19.1 Å². The summed E-state index contributed by atoms with van der Waals surface area (Å²) in [6.45, 7) is 11.6. The molecule has 1 rings (SSSR count). The molecule has 1 aromatic heterocycles. The van der Waals surface area contributed by atoms with Gasteiger partial charge in [0.15, 0.2) is 0 Å². The van der Waals surface area contributed by atoms with Crippen molar-refractivity contribution in [1.82, 2.24) is 25.0 Å². The molecule has 1 heterocycles. The van der Waals surface area contributed by atoms with Crippen LogP contribution in [0.2, 0.25) is 0 Å². The monoisotopic (exact) mass is 253 g/mol. The van der Waals surface area contributed by atoms with E-state index in [-0.39, 0.29) is 5.41 Å². The van der Waals surface area contributed by atoms with Gasteiger partial charge in [-0.25, -0.2) is 9.67 Å². The van der Waals surface area contributed by atoms with Crippen LogP contribution in [0.1, 0.15) is 39.6 Å². The quantitative estimate of drug-likeness (QED) is 0.800. The molecule has 5 nitrogen and oxygen atoms in total. The van der Waals surface area contributed by atoms with Gasteiger partial charge in [0.1, 0.15) is 12.2 Å². The molecule has 0 amide bonds. The molecule has 18 heavy (non-hydrogen) atoms. The largest absolute Gasteiger partial charge is 0.309 e. The minimum absolute atomic E-state index is 0.256. The van der Waals surface area contributed by atoms with E-state index in [1.165, 1.54) is 0 Å². The van der Waals surface area contributed by atoms with Gasteiger partial charge in [-0.15, -0.1) is 0 Å². The average molecular weight is 253 g/mol. The molecule has 0 aromatic carbocycles. The van der Waals surface area contributed by atoms with E-state index < -0.39 is 0 Å². The molecule has 5 heteroatoms. The summed E-state index contributed by atoms with van der Waals surface area (Å²) < 4.78 is 1.96. The highest BCUT2D eigenvalue weighted by Gasteiger charge is 2.18. The predicted octanol–water partition coefficient (Wildman–Crippen LogP) is 1.54. The Bertz CT molecular complexity index is 354. The van der Waals surface area contributed by atoms with E-state index in [4.69, 9.17) is 0 Å². The third kappa shape index (κ3) is 4.74. The molecule has 0 radical (unpaired) electrons. The second-order valence-corrected chi connectivity index (χ2v) is 6.22. The van der Waals surface area contributed by atoms with Crippen molar-refractivity contribution < 1.29 is 0 Å². The summed E-state index contributed by atoms with van der Waals surface area (Å²) in [7, 11) is 4.22. The van der Waals surface area contributed by atoms with E-state index in [1.807, 2.05) is 4.68 Å². The van der Waals surface area contributed by atoms with Gasteiger partial charge in [-0.1, -0.05) is 13.8 Å². The van der Waals surface area contributed by atoms with E-state index in [0.717, 1.165) is 25.5 Å². The Morgan fingerprint density at radius 2 is 2.06 bits per heavy atom. The summed E-state index contributed by atoms with van der Waals surface area (Å²) in [4.78, 5) is 6.52. The van der Waals surface area contributed by atoms with Crippen LogP contribution in [-0.4, -0.2) is 46.8 Å². The topological polar surface area (TPSA) is 46.0 Å². The molecule has 104 valence electrons. The third-order valence-electron chi connectivity index (χ3n) is 2.77. The maximum absolute atomic E-state index is 4.30. The van der Waals surface area contributed by atoms with Crippen LogP contribution in [0.3, 0.4) is 0 Å². The Kier molecular flexibility index (Phi) is 5.28. The Labute approximate surface area is 111 Å². The van der Waals surface area contributed by atoms with Gasteiger partial charge in [0.2, 0.25) is 0 Å². The van der Waals surface area contributed by atoms with Crippen LogP contribution in [0.25, 0.3) is 0 Å².